The first-order valence-electron chi connectivity index (χ1n) is 11.2. The molecule has 0 amide bonds. The SMILES string of the molecule is CC.CCN=C([S-])N/N=C(/C=N/NC([S-])=NCC)c1ccc(CN2CCCC(C(F)(F)F)C2)o1.[Cu+2]. The average molecular weight is 583 g/mol. The zero-order chi connectivity index (χ0) is 25.6. The summed E-state index contributed by atoms with van der Waals surface area (Å²) in [7, 11) is 0. The Hall–Kier alpha value is -1.73. The number of aliphatic imine (C=N–C) groups is 2. The molecule has 35 heavy (non-hydrogen) atoms. The summed E-state index contributed by atoms with van der Waals surface area (Å²) < 4.78 is 45.0. The van der Waals surface area contributed by atoms with Crippen LogP contribution in [0.3, 0.4) is 0 Å². The Morgan fingerprint density at radius 3 is 2.37 bits per heavy atom. The summed E-state index contributed by atoms with van der Waals surface area (Å²) in [6, 6.07) is 3.37. The quantitative estimate of drug-likeness (QED) is 0.159. The van der Waals surface area contributed by atoms with E-state index in [-0.39, 0.29) is 46.9 Å². The van der Waals surface area contributed by atoms with Crippen LogP contribution >= 0.6 is 0 Å². The smallest absolute Gasteiger partial charge is 0.741 e. The van der Waals surface area contributed by atoms with Gasteiger partial charge in [0, 0.05) is 19.6 Å². The second kappa shape index (κ2) is 17.7. The molecule has 1 radical (unpaired) electrons. The third-order valence-corrected chi connectivity index (χ3v) is 4.93. The van der Waals surface area contributed by atoms with Gasteiger partial charge in [0.15, 0.2) is 5.76 Å². The summed E-state index contributed by atoms with van der Waals surface area (Å²) in [5, 5.41) is 8.59. The van der Waals surface area contributed by atoms with Crippen molar-refractivity contribution in [3.05, 3.63) is 23.7 Å². The first kappa shape index (κ1) is 33.3. The van der Waals surface area contributed by atoms with Gasteiger partial charge in [-0.05, 0) is 55.7 Å². The molecule has 2 rings (SSSR count). The van der Waals surface area contributed by atoms with Gasteiger partial charge in [0.2, 0.25) is 0 Å². The van der Waals surface area contributed by atoms with Crippen molar-refractivity contribution in [2.24, 2.45) is 26.1 Å². The number of amidine groups is 2. The van der Waals surface area contributed by atoms with E-state index in [9.17, 15) is 13.2 Å². The summed E-state index contributed by atoms with van der Waals surface area (Å²) in [5.41, 5.74) is 5.54. The minimum absolute atomic E-state index is 0. The van der Waals surface area contributed by atoms with Crippen LogP contribution in [-0.2, 0) is 48.9 Å². The van der Waals surface area contributed by atoms with Crippen molar-refractivity contribution in [3.8, 4) is 0 Å². The molecule has 2 heterocycles. The predicted octanol–water partition coefficient (Wildman–Crippen LogP) is 3.79. The molecular formula is C21H32CuF3N7OS2. The van der Waals surface area contributed by atoms with E-state index in [0.717, 1.165) is 0 Å². The van der Waals surface area contributed by atoms with Crippen LogP contribution in [0.4, 0.5) is 13.2 Å². The molecule has 1 aromatic heterocycles. The van der Waals surface area contributed by atoms with E-state index in [1.807, 2.05) is 27.7 Å². The minimum Gasteiger partial charge on any atom is -0.741 e. The summed E-state index contributed by atoms with van der Waals surface area (Å²) in [6.45, 7) is 9.51. The number of nitrogens with one attached hydrogen (secondary N) is 2. The van der Waals surface area contributed by atoms with Gasteiger partial charge in [-0.15, -0.1) is 0 Å². The summed E-state index contributed by atoms with van der Waals surface area (Å²) >= 11 is 10.1. The normalized spacial score (nSPS) is 18.0. The number of hydrogen-bond donors (Lipinski definition) is 2. The number of hydrazone groups is 2. The topological polar surface area (TPSA) is 89.9 Å². The fourth-order valence-electron chi connectivity index (χ4n) is 3.05. The van der Waals surface area contributed by atoms with Crippen molar-refractivity contribution in [1.29, 1.82) is 0 Å². The van der Waals surface area contributed by atoms with E-state index >= 15 is 0 Å². The predicted molar refractivity (Wildman–Crippen MR) is 136 cm³/mol. The van der Waals surface area contributed by atoms with Gasteiger partial charge in [0.25, 0.3) is 0 Å². The molecule has 2 N–H and O–H groups in total. The zero-order valence-electron chi connectivity index (χ0n) is 20.2. The van der Waals surface area contributed by atoms with Crippen LogP contribution in [0.5, 0.6) is 0 Å². The number of alkyl halides is 3. The molecule has 1 unspecified atom stereocenters. The van der Waals surface area contributed by atoms with Crippen molar-refractivity contribution in [2.45, 2.75) is 53.3 Å². The van der Waals surface area contributed by atoms with Gasteiger partial charge in [0.1, 0.15) is 11.5 Å². The van der Waals surface area contributed by atoms with Gasteiger partial charge in [0.05, 0.1) is 18.7 Å². The van der Waals surface area contributed by atoms with Gasteiger partial charge in [-0.25, -0.2) is 0 Å². The number of halogens is 3. The third-order valence-electron chi connectivity index (χ3n) is 4.48. The molecular weight excluding hydrogens is 551 g/mol. The standard InChI is InChI=1S/C19H28F3N7OS2.C2H6.Cu/c1-3-23-17(31)27-25-10-15(26-28-18(32)24-4-2)16-8-7-14(30-16)12-29-9-5-6-13(11-29)19(20,21)22;1-2;/h7-8,10,13H,3-6,9,11-12H2,1-2H3,(H2,23,27,31)(H2,24,28,32);1-2H3;/q;;+2/p-2/b25-10+,26-15-;;. The molecule has 201 valence electrons. The maximum atomic E-state index is 13.1. The number of likely N-dealkylation sites (tertiary alicyclic amines) is 1. The molecule has 1 aliphatic rings. The first-order chi connectivity index (χ1) is 16.2. The van der Waals surface area contributed by atoms with E-state index in [1.165, 1.54) is 6.21 Å². The Balaban J connectivity index is 0.00000375. The Labute approximate surface area is 226 Å². The van der Waals surface area contributed by atoms with Crippen molar-refractivity contribution >= 4 is 47.5 Å². The van der Waals surface area contributed by atoms with Crippen LogP contribution in [0.25, 0.3) is 0 Å². The summed E-state index contributed by atoms with van der Waals surface area (Å²) in [5.74, 6) is -0.430. The van der Waals surface area contributed by atoms with E-state index in [2.05, 4.69) is 31.0 Å². The molecule has 1 fully saturated rings. The Morgan fingerprint density at radius 2 is 1.77 bits per heavy atom. The maximum Gasteiger partial charge on any atom is 2.00 e. The van der Waals surface area contributed by atoms with Crippen molar-refractivity contribution < 1.29 is 34.7 Å². The molecule has 0 aromatic carbocycles. The molecule has 0 spiro atoms. The van der Waals surface area contributed by atoms with Gasteiger partial charge in [-0.3, -0.25) is 25.7 Å². The molecule has 14 heteroatoms. The Bertz CT molecular complexity index is 860. The summed E-state index contributed by atoms with van der Waals surface area (Å²) in [4.78, 5) is 9.76. The number of hydrogen-bond acceptors (Lipinski definition) is 8. The third kappa shape index (κ3) is 12.7. The van der Waals surface area contributed by atoms with Crippen LogP contribution in [0.1, 0.15) is 52.1 Å². The van der Waals surface area contributed by atoms with Crippen LogP contribution in [0, 0.1) is 5.92 Å². The van der Waals surface area contributed by atoms with E-state index < -0.39 is 12.1 Å². The van der Waals surface area contributed by atoms with Crippen LogP contribution in [0.2, 0.25) is 0 Å². The molecule has 1 aromatic rings. The number of nitrogens with zero attached hydrogens (tertiary/aromatic N) is 5. The Kier molecular flexibility index (Phi) is 16.8. The van der Waals surface area contributed by atoms with Crippen molar-refractivity contribution in [3.63, 3.8) is 0 Å². The molecule has 1 aliphatic heterocycles. The van der Waals surface area contributed by atoms with Crippen molar-refractivity contribution in [2.75, 3.05) is 26.2 Å². The van der Waals surface area contributed by atoms with Crippen LogP contribution in [-0.4, -0.2) is 59.5 Å². The van der Waals surface area contributed by atoms with Gasteiger partial charge in [-0.1, -0.05) is 13.8 Å². The largest absolute Gasteiger partial charge is 2.00 e. The monoisotopic (exact) mass is 582 g/mol. The Morgan fingerprint density at radius 1 is 1.14 bits per heavy atom. The number of furan rings is 1. The van der Waals surface area contributed by atoms with E-state index in [1.54, 1.807) is 17.0 Å². The fourth-order valence-corrected chi connectivity index (χ4v) is 3.41. The van der Waals surface area contributed by atoms with E-state index in [4.69, 9.17) is 29.7 Å². The van der Waals surface area contributed by atoms with Gasteiger partial charge < -0.3 is 29.7 Å². The molecule has 8 nitrogen and oxygen atoms in total. The van der Waals surface area contributed by atoms with Gasteiger partial charge in [-0.2, -0.15) is 23.4 Å². The molecule has 0 saturated carbocycles. The van der Waals surface area contributed by atoms with Gasteiger partial charge >= 0.3 is 23.2 Å². The fraction of sp³-hybridized carbons (Fsp3) is 0.619. The van der Waals surface area contributed by atoms with Crippen LogP contribution in [0.15, 0.2) is 36.7 Å². The van der Waals surface area contributed by atoms with E-state index in [0.29, 0.717) is 43.3 Å². The number of rotatable bonds is 8. The second-order valence-corrected chi connectivity index (χ2v) is 7.69. The number of piperidine rings is 1. The maximum absolute atomic E-state index is 13.1. The molecule has 0 aliphatic carbocycles. The molecule has 0 bridgehead atoms. The van der Waals surface area contributed by atoms with Crippen molar-refractivity contribution in [1.82, 2.24) is 15.8 Å². The first-order valence-corrected chi connectivity index (χ1v) is 12.0. The minimum atomic E-state index is -4.19. The molecule has 1 saturated heterocycles. The zero-order valence-corrected chi connectivity index (χ0v) is 22.7. The van der Waals surface area contributed by atoms with Crippen LogP contribution < -0.4 is 10.9 Å². The molecule has 1 atom stereocenters. The summed E-state index contributed by atoms with van der Waals surface area (Å²) in [6.07, 6.45) is -2.16. The second-order valence-electron chi connectivity index (χ2n) is 6.92. The average Bonchev–Trinajstić information content (AvgIpc) is 3.25.